The van der Waals surface area contributed by atoms with Crippen molar-refractivity contribution in [2.45, 2.75) is 20.5 Å². The van der Waals surface area contributed by atoms with Crippen molar-refractivity contribution in [1.82, 2.24) is 0 Å². The molecule has 0 heterocycles. The number of carbonyl (C=O) groups is 1. The Bertz CT molecular complexity index is 1290. The minimum absolute atomic E-state index is 0.00533. The maximum absolute atomic E-state index is 14.0. The lowest BCUT2D eigenvalue weighted by atomic mass is 10.1. The minimum Gasteiger partial charge on any atom is -0.490 e. The zero-order valence-electron chi connectivity index (χ0n) is 18.5. The average molecular weight is 544 g/mol. The first kappa shape index (κ1) is 25.3. The maximum Gasteiger partial charge on any atom is 0.266 e. The molecule has 0 aliphatic rings. The quantitative estimate of drug-likeness (QED) is 0.244. The number of carbonyl (C=O) groups excluding carboxylic acids is 1. The number of ether oxygens (including phenoxy) is 2. The van der Waals surface area contributed by atoms with Crippen molar-refractivity contribution >= 4 is 45.2 Å². The zero-order chi connectivity index (χ0) is 24.7. The van der Waals surface area contributed by atoms with Crippen molar-refractivity contribution in [1.29, 1.82) is 5.26 Å². The van der Waals surface area contributed by atoms with Crippen LogP contribution in [-0.4, -0.2) is 12.5 Å². The predicted octanol–water partition coefficient (Wildman–Crippen LogP) is 7.07. The number of hydrogen-bond acceptors (Lipinski definition) is 4. The van der Waals surface area contributed by atoms with Crippen LogP contribution in [0.3, 0.4) is 0 Å². The summed E-state index contributed by atoms with van der Waals surface area (Å²) in [7, 11) is 0. The number of rotatable bonds is 8. The summed E-state index contributed by atoms with van der Waals surface area (Å²) in [6.07, 6.45) is 1.45. The van der Waals surface area contributed by atoms with Gasteiger partial charge in [0.2, 0.25) is 0 Å². The van der Waals surface area contributed by atoms with Crippen LogP contribution in [0.1, 0.15) is 23.6 Å². The van der Waals surface area contributed by atoms with Crippen molar-refractivity contribution < 1.29 is 18.7 Å². The second-order valence-electron chi connectivity index (χ2n) is 7.23. The summed E-state index contributed by atoms with van der Waals surface area (Å²) in [6, 6.07) is 16.7. The summed E-state index contributed by atoms with van der Waals surface area (Å²) >= 11 is 9.47. The molecule has 8 heteroatoms. The van der Waals surface area contributed by atoms with Crippen LogP contribution in [0.2, 0.25) is 5.02 Å². The van der Waals surface area contributed by atoms with Crippen molar-refractivity contribution in [3.05, 3.63) is 92.2 Å². The standard InChI is InChI=1S/C26H21BrClFN2O3/c1-3-33-24-12-17(11-21(27)25(24)34-15-18-6-4-5-7-22(18)29)10-19(14-30)26(32)31-23-13-20(28)9-8-16(23)2/h4-13H,3,15H2,1-2H3,(H,31,32)/b19-10+. The normalized spacial score (nSPS) is 11.0. The molecular formula is C26H21BrClFN2O3. The van der Waals surface area contributed by atoms with Crippen LogP contribution >= 0.6 is 27.5 Å². The second kappa shape index (κ2) is 11.7. The molecule has 0 aromatic heterocycles. The van der Waals surface area contributed by atoms with Gasteiger partial charge in [-0.25, -0.2) is 4.39 Å². The number of nitriles is 1. The van der Waals surface area contributed by atoms with E-state index in [1.807, 2.05) is 19.9 Å². The number of nitrogens with zero attached hydrogens (tertiary/aromatic N) is 1. The van der Waals surface area contributed by atoms with Crippen molar-refractivity contribution in [3.8, 4) is 17.6 Å². The maximum atomic E-state index is 14.0. The fraction of sp³-hybridized carbons (Fsp3) is 0.154. The van der Waals surface area contributed by atoms with Gasteiger partial charge in [0.05, 0.1) is 11.1 Å². The molecule has 0 radical (unpaired) electrons. The summed E-state index contributed by atoms with van der Waals surface area (Å²) in [6.45, 7) is 4.01. The van der Waals surface area contributed by atoms with Crippen LogP contribution < -0.4 is 14.8 Å². The highest BCUT2D eigenvalue weighted by molar-refractivity contribution is 9.10. The van der Waals surface area contributed by atoms with E-state index >= 15 is 0 Å². The van der Waals surface area contributed by atoms with Crippen molar-refractivity contribution in [2.24, 2.45) is 0 Å². The van der Waals surface area contributed by atoms with Gasteiger partial charge in [0.15, 0.2) is 11.5 Å². The zero-order valence-corrected chi connectivity index (χ0v) is 20.8. The van der Waals surface area contributed by atoms with E-state index < -0.39 is 5.91 Å². The SMILES string of the molecule is CCOc1cc(/C=C(\C#N)C(=O)Nc2cc(Cl)ccc2C)cc(Br)c1OCc1ccccc1F. The van der Waals surface area contributed by atoms with E-state index in [0.717, 1.165) is 5.56 Å². The van der Waals surface area contributed by atoms with E-state index in [4.69, 9.17) is 21.1 Å². The van der Waals surface area contributed by atoms with Gasteiger partial charge in [-0.1, -0.05) is 35.9 Å². The van der Waals surface area contributed by atoms with Crippen LogP contribution in [0.25, 0.3) is 6.08 Å². The van der Waals surface area contributed by atoms with Gasteiger partial charge < -0.3 is 14.8 Å². The number of anilines is 1. The monoisotopic (exact) mass is 542 g/mol. The summed E-state index contributed by atoms with van der Waals surface area (Å²) in [5, 5.41) is 12.8. The molecule has 0 aliphatic carbocycles. The minimum atomic E-state index is -0.568. The van der Waals surface area contributed by atoms with Crippen molar-refractivity contribution in [3.63, 3.8) is 0 Å². The fourth-order valence-corrected chi connectivity index (χ4v) is 3.82. The smallest absolute Gasteiger partial charge is 0.266 e. The molecule has 0 fully saturated rings. The number of nitrogens with one attached hydrogen (secondary N) is 1. The summed E-state index contributed by atoms with van der Waals surface area (Å²) in [4.78, 5) is 12.7. The number of amides is 1. The molecule has 174 valence electrons. The first-order valence-corrected chi connectivity index (χ1v) is 11.5. The average Bonchev–Trinajstić information content (AvgIpc) is 2.80. The van der Waals surface area contributed by atoms with Gasteiger partial charge in [-0.15, -0.1) is 0 Å². The molecule has 34 heavy (non-hydrogen) atoms. The number of halogens is 3. The van der Waals surface area contributed by atoms with Gasteiger partial charge in [0.25, 0.3) is 5.91 Å². The molecule has 0 saturated carbocycles. The molecule has 1 amide bonds. The molecule has 1 N–H and O–H groups in total. The summed E-state index contributed by atoms with van der Waals surface area (Å²) < 4.78 is 26.0. The highest BCUT2D eigenvalue weighted by Gasteiger charge is 2.16. The number of benzene rings is 3. The van der Waals surface area contributed by atoms with E-state index in [1.54, 1.807) is 48.5 Å². The van der Waals surface area contributed by atoms with E-state index in [-0.39, 0.29) is 18.0 Å². The Labute approximate surface area is 210 Å². The predicted molar refractivity (Wildman–Crippen MR) is 134 cm³/mol. The van der Waals surface area contributed by atoms with Crippen LogP contribution in [0.4, 0.5) is 10.1 Å². The Morgan fingerprint density at radius 2 is 1.97 bits per heavy atom. The third kappa shape index (κ3) is 6.37. The molecule has 3 rings (SSSR count). The second-order valence-corrected chi connectivity index (χ2v) is 8.52. The van der Waals surface area contributed by atoms with Gasteiger partial charge in [0, 0.05) is 16.3 Å². The van der Waals surface area contributed by atoms with Crippen LogP contribution in [0, 0.1) is 24.1 Å². The molecule has 0 atom stereocenters. The Morgan fingerprint density at radius 1 is 1.21 bits per heavy atom. The lowest BCUT2D eigenvalue weighted by Gasteiger charge is -2.15. The molecule has 0 aliphatic heterocycles. The first-order chi connectivity index (χ1) is 16.3. The molecule has 0 unspecified atom stereocenters. The van der Waals surface area contributed by atoms with E-state index in [2.05, 4.69) is 21.2 Å². The highest BCUT2D eigenvalue weighted by Crippen LogP contribution is 2.38. The lowest BCUT2D eigenvalue weighted by Crippen LogP contribution is -2.14. The topological polar surface area (TPSA) is 71.3 Å². The Morgan fingerprint density at radius 3 is 2.68 bits per heavy atom. The Hall–Kier alpha value is -3.34. The molecule has 0 saturated heterocycles. The highest BCUT2D eigenvalue weighted by atomic mass is 79.9. The molecule has 3 aromatic carbocycles. The lowest BCUT2D eigenvalue weighted by molar-refractivity contribution is -0.112. The molecule has 5 nitrogen and oxygen atoms in total. The van der Waals surface area contributed by atoms with Gasteiger partial charge in [-0.05, 0) is 77.3 Å². The molecule has 3 aromatic rings. The first-order valence-electron chi connectivity index (χ1n) is 10.3. The van der Waals surface area contributed by atoms with Gasteiger partial charge in [-0.3, -0.25) is 4.79 Å². The molecule has 0 bridgehead atoms. The van der Waals surface area contributed by atoms with Crippen LogP contribution in [0.5, 0.6) is 11.5 Å². The van der Waals surface area contributed by atoms with Crippen molar-refractivity contribution in [2.75, 3.05) is 11.9 Å². The largest absolute Gasteiger partial charge is 0.490 e. The molecule has 0 spiro atoms. The summed E-state index contributed by atoms with van der Waals surface area (Å²) in [5.41, 5.74) is 2.18. The molecular weight excluding hydrogens is 523 g/mol. The number of hydrogen-bond donors (Lipinski definition) is 1. The van der Waals surface area contributed by atoms with E-state index in [9.17, 15) is 14.4 Å². The fourth-order valence-electron chi connectivity index (χ4n) is 3.07. The van der Waals surface area contributed by atoms with Gasteiger partial charge >= 0.3 is 0 Å². The third-order valence-electron chi connectivity index (χ3n) is 4.79. The third-order valence-corrected chi connectivity index (χ3v) is 5.61. The van der Waals surface area contributed by atoms with E-state index in [1.165, 1.54) is 12.1 Å². The number of aryl methyl sites for hydroxylation is 1. The van der Waals surface area contributed by atoms with Gasteiger partial charge in [0.1, 0.15) is 24.1 Å². The van der Waals surface area contributed by atoms with Gasteiger partial charge in [-0.2, -0.15) is 5.26 Å². The van der Waals surface area contributed by atoms with E-state index in [0.29, 0.717) is 44.4 Å². The Kier molecular flexibility index (Phi) is 8.69. The van der Waals surface area contributed by atoms with Crippen LogP contribution in [0.15, 0.2) is 64.6 Å². The Balaban J connectivity index is 1.87. The van der Waals surface area contributed by atoms with Crippen LogP contribution in [-0.2, 0) is 11.4 Å². The summed E-state index contributed by atoms with van der Waals surface area (Å²) in [5.74, 6) is -0.153.